The molecule has 0 aliphatic carbocycles. The van der Waals surface area contributed by atoms with Gasteiger partial charge in [-0.2, -0.15) is 0 Å². The molecule has 0 fully saturated rings. The Kier molecular flexibility index (Phi) is 7.66. The van der Waals surface area contributed by atoms with Gasteiger partial charge in [0, 0.05) is 18.7 Å². The Hall–Kier alpha value is -2.66. The number of hydrogen-bond acceptors (Lipinski definition) is 3. The Bertz CT molecular complexity index is 668. The molecule has 0 heterocycles. The van der Waals surface area contributed by atoms with Gasteiger partial charge < -0.3 is 15.2 Å². The number of ether oxygens (including phenoxy) is 1. The van der Waals surface area contributed by atoms with Crippen molar-refractivity contribution in [3.8, 4) is 0 Å². The first-order chi connectivity index (χ1) is 12.1. The molecule has 0 bridgehead atoms. The molecule has 132 valence electrons. The van der Waals surface area contributed by atoms with Gasteiger partial charge in [0.05, 0.1) is 13.0 Å². The van der Waals surface area contributed by atoms with E-state index in [9.17, 15) is 9.59 Å². The number of rotatable bonds is 10. The van der Waals surface area contributed by atoms with Crippen molar-refractivity contribution < 1.29 is 19.4 Å². The maximum atomic E-state index is 11.9. The Morgan fingerprint density at radius 1 is 0.920 bits per heavy atom. The summed E-state index contributed by atoms with van der Waals surface area (Å²) in [5.41, 5.74) is 2.62. The van der Waals surface area contributed by atoms with Gasteiger partial charge in [-0.1, -0.05) is 42.5 Å². The van der Waals surface area contributed by atoms with Crippen LogP contribution in [0, 0.1) is 0 Å². The third-order valence-corrected chi connectivity index (χ3v) is 3.66. The van der Waals surface area contributed by atoms with Gasteiger partial charge in [-0.05, 0) is 36.1 Å². The van der Waals surface area contributed by atoms with Gasteiger partial charge in [0.2, 0.25) is 5.91 Å². The Morgan fingerprint density at radius 3 is 2.32 bits per heavy atom. The molecule has 25 heavy (non-hydrogen) atoms. The third kappa shape index (κ3) is 7.63. The molecule has 1 amide bonds. The summed E-state index contributed by atoms with van der Waals surface area (Å²) < 4.78 is 5.56. The minimum absolute atomic E-state index is 0.0193. The molecule has 0 atom stereocenters. The number of aliphatic carboxylic acids is 1. The van der Waals surface area contributed by atoms with Crippen molar-refractivity contribution in [3.05, 3.63) is 65.7 Å². The number of carboxylic acid groups (broad SMARTS) is 1. The lowest BCUT2D eigenvalue weighted by molar-refractivity contribution is -0.136. The highest BCUT2D eigenvalue weighted by Crippen LogP contribution is 2.11. The summed E-state index contributed by atoms with van der Waals surface area (Å²) in [4.78, 5) is 22.5. The van der Waals surface area contributed by atoms with Gasteiger partial charge in [-0.3, -0.25) is 9.59 Å². The fraction of sp³-hybridized carbons (Fsp3) is 0.300. The highest BCUT2D eigenvalue weighted by Gasteiger charge is 2.04. The average Bonchev–Trinajstić information content (AvgIpc) is 2.60. The maximum absolute atomic E-state index is 11.9. The molecule has 0 saturated carbocycles. The van der Waals surface area contributed by atoms with Crippen molar-refractivity contribution in [2.24, 2.45) is 0 Å². The van der Waals surface area contributed by atoms with E-state index >= 15 is 0 Å². The van der Waals surface area contributed by atoms with Crippen LogP contribution in [0.25, 0.3) is 0 Å². The molecule has 2 aromatic rings. The van der Waals surface area contributed by atoms with Crippen molar-refractivity contribution in [1.29, 1.82) is 0 Å². The monoisotopic (exact) mass is 341 g/mol. The second kappa shape index (κ2) is 10.3. The predicted molar refractivity (Wildman–Crippen MR) is 96.6 cm³/mol. The van der Waals surface area contributed by atoms with Gasteiger partial charge in [0.15, 0.2) is 0 Å². The molecule has 0 spiro atoms. The summed E-state index contributed by atoms with van der Waals surface area (Å²) >= 11 is 0. The first-order valence-corrected chi connectivity index (χ1v) is 8.36. The highest BCUT2D eigenvalue weighted by molar-refractivity contribution is 5.90. The van der Waals surface area contributed by atoms with Crippen LogP contribution in [0.3, 0.4) is 0 Å². The standard InChI is InChI=1S/C20H23NO4/c22-19(21-18-10-8-17(9-11-18)15-20(23)24)7-4-13-25-14-12-16-5-2-1-3-6-16/h1-3,5-6,8-11H,4,7,12-15H2,(H,21,22)(H,23,24). The van der Waals surface area contributed by atoms with Gasteiger partial charge >= 0.3 is 5.97 Å². The Labute approximate surface area is 147 Å². The summed E-state index contributed by atoms with van der Waals surface area (Å²) in [7, 11) is 0. The number of benzene rings is 2. The van der Waals surface area contributed by atoms with Crippen LogP contribution in [0.5, 0.6) is 0 Å². The Balaban J connectivity index is 1.58. The van der Waals surface area contributed by atoms with Crippen LogP contribution in [0.15, 0.2) is 54.6 Å². The van der Waals surface area contributed by atoms with Crippen LogP contribution in [-0.4, -0.2) is 30.2 Å². The first-order valence-electron chi connectivity index (χ1n) is 8.36. The van der Waals surface area contributed by atoms with E-state index in [1.165, 1.54) is 5.56 Å². The van der Waals surface area contributed by atoms with Crippen LogP contribution in [-0.2, 0) is 27.2 Å². The summed E-state index contributed by atoms with van der Waals surface area (Å²) in [5, 5.41) is 11.5. The minimum atomic E-state index is -0.871. The number of hydrogen-bond donors (Lipinski definition) is 2. The molecule has 5 nitrogen and oxygen atoms in total. The number of amides is 1. The van der Waals surface area contributed by atoms with E-state index in [0.717, 1.165) is 6.42 Å². The second-order valence-corrected chi connectivity index (χ2v) is 5.77. The van der Waals surface area contributed by atoms with E-state index in [1.807, 2.05) is 18.2 Å². The zero-order valence-corrected chi connectivity index (χ0v) is 14.1. The second-order valence-electron chi connectivity index (χ2n) is 5.77. The van der Waals surface area contributed by atoms with E-state index in [2.05, 4.69) is 17.4 Å². The molecular weight excluding hydrogens is 318 g/mol. The number of nitrogens with one attached hydrogen (secondary N) is 1. The number of carboxylic acids is 1. The predicted octanol–water partition coefficient (Wildman–Crippen LogP) is 3.29. The van der Waals surface area contributed by atoms with Crippen molar-refractivity contribution in [1.82, 2.24) is 0 Å². The topological polar surface area (TPSA) is 75.6 Å². The lowest BCUT2D eigenvalue weighted by Crippen LogP contribution is -2.12. The summed E-state index contributed by atoms with van der Waals surface area (Å²) in [5.74, 6) is -0.943. The average molecular weight is 341 g/mol. The number of anilines is 1. The zero-order valence-electron chi connectivity index (χ0n) is 14.1. The molecule has 0 aromatic heterocycles. The zero-order chi connectivity index (χ0) is 17.9. The lowest BCUT2D eigenvalue weighted by atomic mass is 10.1. The quantitative estimate of drug-likeness (QED) is 0.650. The highest BCUT2D eigenvalue weighted by atomic mass is 16.5. The van der Waals surface area contributed by atoms with Crippen molar-refractivity contribution in [2.75, 3.05) is 18.5 Å². The van der Waals surface area contributed by atoms with Gasteiger partial charge in [-0.25, -0.2) is 0 Å². The van der Waals surface area contributed by atoms with Crippen molar-refractivity contribution >= 4 is 17.6 Å². The van der Waals surface area contributed by atoms with Crippen LogP contribution in [0.1, 0.15) is 24.0 Å². The number of carbonyl (C=O) groups is 2. The minimum Gasteiger partial charge on any atom is -0.481 e. The lowest BCUT2D eigenvalue weighted by Gasteiger charge is -2.07. The van der Waals surface area contributed by atoms with Crippen LogP contribution < -0.4 is 5.32 Å². The van der Waals surface area contributed by atoms with E-state index in [-0.39, 0.29) is 12.3 Å². The summed E-state index contributed by atoms with van der Waals surface area (Å²) in [6.45, 7) is 1.20. The van der Waals surface area contributed by atoms with E-state index in [0.29, 0.717) is 37.3 Å². The first kappa shape index (κ1) is 18.7. The van der Waals surface area contributed by atoms with E-state index < -0.39 is 5.97 Å². The number of carbonyl (C=O) groups excluding carboxylic acids is 1. The molecule has 2 aromatic carbocycles. The SMILES string of the molecule is O=C(O)Cc1ccc(NC(=O)CCCOCCc2ccccc2)cc1. The normalized spacial score (nSPS) is 10.4. The summed E-state index contributed by atoms with van der Waals surface area (Å²) in [6, 6.07) is 17.0. The third-order valence-electron chi connectivity index (χ3n) is 3.66. The Morgan fingerprint density at radius 2 is 1.64 bits per heavy atom. The summed E-state index contributed by atoms with van der Waals surface area (Å²) in [6.07, 6.45) is 1.91. The fourth-order valence-electron chi connectivity index (χ4n) is 2.38. The largest absolute Gasteiger partial charge is 0.481 e. The molecule has 2 rings (SSSR count). The van der Waals surface area contributed by atoms with E-state index in [4.69, 9.17) is 9.84 Å². The van der Waals surface area contributed by atoms with Crippen molar-refractivity contribution in [2.45, 2.75) is 25.7 Å². The molecule has 0 unspecified atom stereocenters. The van der Waals surface area contributed by atoms with Gasteiger partial charge in [-0.15, -0.1) is 0 Å². The smallest absolute Gasteiger partial charge is 0.307 e. The molecule has 0 aliphatic heterocycles. The molecule has 5 heteroatoms. The van der Waals surface area contributed by atoms with E-state index in [1.54, 1.807) is 24.3 Å². The molecule has 0 aliphatic rings. The van der Waals surface area contributed by atoms with Gasteiger partial charge in [0.1, 0.15) is 0 Å². The van der Waals surface area contributed by atoms with Gasteiger partial charge in [0.25, 0.3) is 0 Å². The van der Waals surface area contributed by atoms with Crippen molar-refractivity contribution in [3.63, 3.8) is 0 Å². The van der Waals surface area contributed by atoms with Crippen LogP contribution >= 0.6 is 0 Å². The fourth-order valence-corrected chi connectivity index (χ4v) is 2.38. The molecule has 0 radical (unpaired) electrons. The van der Waals surface area contributed by atoms with Crippen LogP contribution in [0.2, 0.25) is 0 Å². The molecule has 0 saturated heterocycles. The molecule has 2 N–H and O–H groups in total. The van der Waals surface area contributed by atoms with Crippen LogP contribution in [0.4, 0.5) is 5.69 Å². The maximum Gasteiger partial charge on any atom is 0.307 e. The molecular formula is C20H23NO4.